The van der Waals surface area contributed by atoms with Crippen LogP contribution in [-0.4, -0.2) is 4.57 Å². The maximum atomic E-state index is 2.49. The zero-order valence-corrected chi connectivity index (χ0v) is 32.6. The largest absolute Gasteiger partial charge is 0.310 e. The molecule has 0 fully saturated rings. The average Bonchev–Trinajstić information content (AvgIpc) is 3.58. The first-order valence-electron chi connectivity index (χ1n) is 20.0. The average molecular weight is 723 g/mol. The molecule has 2 heteroatoms. The maximum absolute atomic E-state index is 2.49. The summed E-state index contributed by atoms with van der Waals surface area (Å²) < 4.78 is 2.49. The Balaban J connectivity index is 1.14. The molecule has 1 aliphatic rings. The summed E-state index contributed by atoms with van der Waals surface area (Å²) in [7, 11) is 0. The van der Waals surface area contributed by atoms with Gasteiger partial charge in [-0.2, -0.15) is 0 Å². The highest BCUT2D eigenvalue weighted by Crippen LogP contribution is 2.47. The van der Waals surface area contributed by atoms with E-state index in [1.54, 1.807) is 0 Å². The van der Waals surface area contributed by atoms with Crippen LogP contribution < -0.4 is 4.90 Å². The Bertz CT molecular complexity index is 2880. The van der Waals surface area contributed by atoms with Crippen molar-refractivity contribution in [2.45, 2.75) is 51.4 Å². The van der Waals surface area contributed by atoms with Crippen molar-refractivity contribution >= 4 is 49.6 Å². The molecule has 0 atom stereocenters. The van der Waals surface area contributed by atoms with Gasteiger partial charge in [0.2, 0.25) is 0 Å². The van der Waals surface area contributed by atoms with Crippen molar-refractivity contribution in [2.24, 2.45) is 0 Å². The second kappa shape index (κ2) is 13.1. The van der Waals surface area contributed by atoms with Crippen LogP contribution in [0.4, 0.5) is 17.1 Å². The number of hydrogen-bond donors (Lipinski definition) is 0. The normalized spacial score (nSPS) is 14.6. The van der Waals surface area contributed by atoms with Gasteiger partial charge in [0.15, 0.2) is 0 Å². The number of nitrogens with zero attached hydrogens (tertiary/aromatic N) is 2. The minimum atomic E-state index is 0.167. The summed E-state index contributed by atoms with van der Waals surface area (Å²) in [5, 5.41) is 4.99. The molecule has 10 rings (SSSR count). The summed E-state index contributed by atoms with van der Waals surface area (Å²) in [6.07, 6.45) is 2.43. The van der Waals surface area contributed by atoms with Crippen molar-refractivity contribution in [3.63, 3.8) is 0 Å². The molecule has 0 saturated heterocycles. The molecule has 0 unspecified atom stereocenters. The Labute approximate surface area is 330 Å². The van der Waals surface area contributed by atoms with Crippen molar-refractivity contribution < 1.29 is 0 Å². The Hall–Kier alpha value is -6.38. The second-order valence-corrected chi connectivity index (χ2v) is 16.9. The van der Waals surface area contributed by atoms with Gasteiger partial charge in [0.1, 0.15) is 0 Å². The van der Waals surface area contributed by atoms with Crippen LogP contribution >= 0.6 is 0 Å². The number of rotatable bonds is 6. The Kier molecular flexibility index (Phi) is 8.01. The van der Waals surface area contributed by atoms with Crippen LogP contribution in [0, 0.1) is 0 Å². The van der Waals surface area contributed by atoms with Gasteiger partial charge in [-0.05, 0) is 111 Å². The highest BCUT2D eigenvalue weighted by Gasteiger charge is 2.37. The van der Waals surface area contributed by atoms with Crippen LogP contribution in [0.15, 0.2) is 182 Å². The van der Waals surface area contributed by atoms with Gasteiger partial charge >= 0.3 is 0 Å². The predicted octanol–water partition coefficient (Wildman–Crippen LogP) is 15.1. The second-order valence-electron chi connectivity index (χ2n) is 16.9. The van der Waals surface area contributed by atoms with E-state index >= 15 is 0 Å². The summed E-state index contributed by atoms with van der Waals surface area (Å²) in [4.78, 5) is 2.37. The van der Waals surface area contributed by atoms with Gasteiger partial charge in [-0.15, -0.1) is 0 Å². The minimum Gasteiger partial charge on any atom is -0.310 e. The lowest BCUT2D eigenvalue weighted by atomic mass is 9.63. The van der Waals surface area contributed by atoms with E-state index in [0.717, 1.165) is 22.7 Å². The standard InChI is InChI=1S/C54H46N2/c1-53(2)33-34-54(3,4)50-35-41(24-32-49(50)53)39-21-27-44(28-22-39)56-51-36-45(29-31-47(51)48-30-23-40-15-11-12-18-46(40)52(48)56)55(42-16-9-6-10-17-42)43-25-19-38(20-26-43)37-13-7-5-8-14-37/h5-32,35-36H,33-34H2,1-4H3. The van der Waals surface area contributed by atoms with E-state index in [9.17, 15) is 0 Å². The van der Waals surface area contributed by atoms with Crippen molar-refractivity contribution in [3.05, 3.63) is 193 Å². The van der Waals surface area contributed by atoms with Crippen molar-refractivity contribution in [3.8, 4) is 27.9 Å². The first kappa shape index (κ1) is 34.1. The summed E-state index contributed by atoms with van der Waals surface area (Å²) in [6, 6.07) is 67.0. The fourth-order valence-corrected chi connectivity index (χ4v) is 9.20. The summed E-state index contributed by atoms with van der Waals surface area (Å²) in [6.45, 7) is 9.62. The predicted molar refractivity (Wildman–Crippen MR) is 239 cm³/mol. The van der Waals surface area contributed by atoms with E-state index in [1.165, 1.54) is 78.8 Å². The monoisotopic (exact) mass is 722 g/mol. The number of benzene rings is 8. The molecule has 0 amide bonds. The molecule has 0 bridgehead atoms. The topological polar surface area (TPSA) is 8.17 Å². The number of hydrogen-bond acceptors (Lipinski definition) is 1. The molecule has 0 N–H and O–H groups in total. The van der Waals surface area contributed by atoms with Crippen LogP contribution in [0.3, 0.4) is 0 Å². The molecule has 1 aromatic heterocycles. The van der Waals surface area contributed by atoms with E-state index in [1.807, 2.05) is 0 Å². The number of aromatic nitrogens is 1. The lowest BCUT2D eigenvalue weighted by molar-refractivity contribution is 0.332. The molecule has 8 aromatic carbocycles. The zero-order valence-electron chi connectivity index (χ0n) is 32.6. The molecule has 1 heterocycles. The Morgan fingerprint density at radius 3 is 1.71 bits per heavy atom. The lowest BCUT2D eigenvalue weighted by Gasteiger charge is -2.42. The first-order chi connectivity index (χ1) is 27.2. The van der Waals surface area contributed by atoms with Gasteiger partial charge in [-0.3, -0.25) is 0 Å². The third-order valence-corrected chi connectivity index (χ3v) is 12.5. The van der Waals surface area contributed by atoms with Gasteiger partial charge in [0, 0.05) is 38.9 Å². The smallest absolute Gasteiger partial charge is 0.0619 e. The molecule has 56 heavy (non-hydrogen) atoms. The number of fused-ring (bicyclic) bond motifs is 6. The Morgan fingerprint density at radius 2 is 0.964 bits per heavy atom. The maximum Gasteiger partial charge on any atom is 0.0619 e. The van der Waals surface area contributed by atoms with E-state index in [2.05, 4.69) is 219 Å². The van der Waals surface area contributed by atoms with Crippen LogP contribution in [0.2, 0.25) is 0 Å². The third-order valence-electron chi connectivity index (χ3n) is 12.5. The van der Waals surface area contributed by atoms with Crippen LogP contribution in [-0.2, 0) is 10.8 Å². The minimum absolute atomic E-state index is 0.167. The van der Waals surface area contributed by atoms with Gasteiger partial charge in [-0.25, -0.2) is 0 Å². The molecule has 0 saturated carbocycles. The van der Waals surface area contributed by atoms with Gasteiger partial charge in [0.05, 0.1) is 11.0 Å². The SMILES string of the molecule is CC1(C)CCC(C)(C)c2cc(-c3ccc(-n4c5cc(N(c6ccccc6)c6ccc(-c7ccccc7)cc6)ccc5c5ccc6ccccc6c54)cc3)ccc21. The molecular formula is C54H46N2. The van der Waals surface area contributed by atoms with Crippen molar-refractivity contribution in [1.82, 2.24) is 4.57 Å². The fraction of sp³-hybridized carbons (Fsp3) is 0.148. The molecule has 0 spiro atoms. The van der Waals surface area contributed by atoms with Crippen LogP contribution in [0.1, 0.15) is 51.7 Å². The summed E-state index contributed by atoms with van der Waals surface area (Å²) >= 11 is 0. The molecule has 272 valence electrons. The van der Waals surface area contributed by atoms with Crippen LogP contribution in [0.25, 0.3) is 60.5 Å². The first-order valence-corrected chi connectivity index (χ1v) is 20.0. The number of para-hydroxylation sites is 1. The quantitative estimate of drug-likeness (QED) is 0.166. The van der Waals surface area contributed by atoms with Gasteiger partial charge in [0.25, 0.3) is 0 Å². The third kappa shape index (κ3) is 5.71. The highest BCUT2D eigenvalue weighted by molar-refractivity contribution is 6.19. The summed E-state index contributed by atoms with van der Waals surface area (Å²) in [5.41, 5.74) is 15.2. The van der Waals surface area contributed by atoms with Gasteiger partial charge in [-0.1, -0.05) is 161 Å². The van der Waals surface area contributed by atoms with Crippen molar-refractivity contribution in [1.29, 1.82) is 0 Å². The lowest BCUT2D eigenvalue weighted by Crippen LogP contribution is -2.33. The van der Waals surface area contributed by atoms with E-state index < -0.39 is 0 Å². The highest BCUT2D eigenvalue weighted by atomic mass is 15.1. The Morgan fingerprint density at radius 1 is 0.411 bits per heavy atom. The van der Waals surface area contributed by atoms with Gasteiger partial charge < -0.3 is 9.47 Å². The molecule has 0 aliphatic heterocycles. The van der Waals surface area contributed by atoms with Crippen molar-refractivity contribution in [2.75, 3.05) is 4.90 Å². The molecule has 0 radical (unpaired) electrons. The molecule has 2 nitrogen and oxygen atoms in total. The van der Waals surface area contributed by atoms with E-state index in [-0.39, 0.29) is 10.8 Å². The van der Waals surface area contributed by atoms with E-state index in [0.29, 0.717) is 0 Å². The fourth-order valence-electron chi connectivity index (χ4n) is 9.20. The molecule has 9 aromatic rings. The zero-order chi connectivity index (χ0) is 38.0. The molecule has 1 aliphatic carbocycles. The number of anilines is 3. The van der Waals surface area contributed by atoms with E-state index in [4.69, 9.17) is 0 Å². The summed E-state index contributed by atoms with van der Waals surface area (Å²) in [5.74, 6) is 0. The molecular weight excluding hydrogens is 677 g/mol. The van der Waals surface area contributed by atoms with Crippen LogP contribution in [0.5, 0.6) is 0 Å².